The van der Waals surface area contributed by atoms with Crippen LogP contribution in [0, 0.1) is 0 Å². The van der Waals surface area contributed by atoms with Gasteiger partial charge in [0.2, 0.25) is 0 Å². The standard InChI is InChI=1S/C14H28N2O3/c1-18-9-6-4-3-5-7-16-14-12(11-13(14)17)15-8-10-19-2/h13,15-17H,3-11H2,1-2H3. The van der Waals surface area contributed by atoms with E-state index in [-0.39, 0.29) is 6.10 Å². The third kappa shape index (κ3) is 6.27. The van der Waals surface area contributed by atoms with E-state index in [4.69, 9.17) is 9.47 Å². The van der Waals surface area contributed by atoms with Crippen LogP contribution in [-0.4, -0.2) is 51.7 Å². The largest absolute Gasteiger partial charge is 0.386 e. The second kappa shape index (κ2) is 10.1. The quantitative estimate of drug-likeness (QED) is 0.463. The number of hydrogen-bond acceptors (Lipinski definition) is 5. The van der Waals surface area contributed by atoms with Crippen LogP contribution in [0.4, 0.5) is 0 Å². The Kier molecular flexibility index (Phi) is 8.62. The van der Waals surface area contributed by atoms with E-state index in [1.165, 1.54) is 12.8 Å². The van der Waals surface area contributed by atoms with Gasteiger partial charge in [0.25, 0.3) is 0 Å². The first-order valence-corrected chi connectivity index (χ1v) is 7.16. The second-order valence-electron chi connectivity index (χ2n) is 4.87. The van der Waals surface area contributed by atoms with E-state index in [0.717, 1.165) is 50.4 Å². The summed E-state index contributed by atoms with van der Waals surface area (Å²) in [5, 5.41) is 16.3. The number of aliphatic hydroxyl groups excluding tert-OH is 1. The van der Waals surface area contributed by atoms with Gasteiger partial charge in [-0.2, -0.15) is 0 Å². The van der Waals surface area contributed by atoms with Crippen molar-refractivity contribution < 1.29 is 14.6 Å². The van der Waals surface area contributed by atoms with Crippen LogP contribution >= 0.6 is 0 Å². The van der Waals surface area contributed by atoms with Gasteiger partial charge in [-0.25, -0.2) is 0 Å². The summed E-state index contributed by atoms with van der Waals surface area (Å²) >= 11 is 0. The fraction of sp³-hybridized carbons (Fsp3) is 0.857. The molecule has 0 amide bonds. The van der Waals surface area contributed by atoms with Gasteiger partial charge in [-0.3, -0.25) is 0 Å². The molecule has 0 saturated carbocycles. The minimum absolute atomic E-state index is 0.321. The molecule has 1 rings (SSSR count). The van der Waals surface area contributed by atoms with Crippen molar-refractivity contribution >= 4 is 0 Å². The molecular weight excluding hydrogens is 244 g/mol. The lowest BCUT2D eigenvalue weighted by Crippen LogP contribution is -2.40. The van der Waals surface area contributed by atoms with Crippen molar-refractivity contribution in [2.75, 3.05) is 40.5 Å². The summed E-state index contributed by atoms with van der Waals surface area (Å²) < 4.78 is 10.0. The Labute approximate surface area is 116 Å². The van der Waals surface area contributed by atoms with E-state index in [0.29, 0.717) is 6.61 Å². The van der Waals surface area contributed by atoms with Gasteiger partial charge in [0.1, 0.15) is 6.10 Å². The summed E-state index contributed by atoms with van der Waals surface area (Å²) in [5.41, 5.74) is 2.09. The smallest absolute Gasteiger partial charge is 0.101 e. The third-order valence-corrected chi connectivity index (χ3v) is 3.29. The van der Waals surface area contributed by atoms with Crippen LogP contribution in [0.1, 0.15) is 32.1 Å². The van der Waals surface area contributed by atoms with Crippen molar-refractivity contribution in [3.63, 3.8) is 0 Å². The van der Waals surface area contributed by atoms with Crippen molar-refractivity contribution in [3.8, 4) is 0 Å². The highest BCUT2D eigenvalue weighted by Gasteiger charge is 2.26. The first-order valence-electron chi connectivity index (χ1n) is 7.16. The van der Waals surface area contributed by atoms with Crippen molar-refractivity contribution in [1.29, 1.82) is 0 Å². The average molecular weight is 272 g/mol. The molecular formula is C14H28N2O3. The monoisotopic (exact) mass is 272 g/mol. The number of ether oxygens (including phenoxy) is 2. The molecule has 0 bridgehead atoms. The fourth-order valence-corrected chi connectivity index (χ4v) is 2.12. The molecule has 3 N–H and O–H groups in total. The van der Waals surface area contributed by atoms with Gasteiger partial charge in [0.05, 0.1) is 12.3 Å². The minimum Gasteiger partial charge on any atom is -0.386 e. The Morgan fingerprint density at radius 1 is 1.00 bits per heavy atom. The van der Waals surface area contributed by atoms with Crippen molar-refractivity contribution in [2.24, 2.45) is 0 Å². The van der Waals surface area contributed by atoms with Crippen LogP contribution in [-0.2, 0) is 9.47 Å². The molecule has 0 heterocycles. The molecule has 1 unspecified atom stereocenters. The number of aliphatic hydroxyl groups is 1. The number of methoxy groups -OCH3 is 2. The summed E-state index contributed by atoms with van der Waals surface area (Å²) in [6.45, 7) is 3.26. The molecule has 0 fully saturated rings. The molecule has 1 atom stereocenters. The van der Waals surface area contributed by atoms with E-state index in [2.05, 4.69) is 10.6 Å². The van der Waals surface area contributed by atoms with Crippen molar-refractivity contribution in [2.45, 2.75) is 38.2 Å². The van der Waals surface area contributed by atoms with Gasteiger partial charge in [0, 0.05) is 46.0 Å². The number of hydrogen-bond donors (Lipinski definition) is 3. The Bertz CT molecular complexity index is 269. The van der Waals surface area contributed by atoms with Crippen LogP contribution in [0.25, 0.3) is 0 Å². The fourth-order valence-electron chi connectivity index (χ4n) is 2.12. The van der Waals surface area contributed by atoms with E-state index in [1.807, 2.05) is 0 Å². The summed E-state index contributed by atoms with van der Waals surface area (Å²) in [4.78, 5) is 0. The van der Waals surface area contributed by atoms with E-state index in [1.54, 1.807) is 14.2 Å². The summed E-state index contributed by atoms with van der Waals surface area (Å²) in [6.07, 6.45) is 5.07. The molecule has 0 radical (unpaired) electrons. The normalized spacial score (nSPS) is 18.4. The number of unbranched alkanes of at least 4 members (excludes halogenated alkanes) is 3. The lowest BCUT2D eigenvalue weighted by Gasteiger charge is -2.31. The molecule has 1 aliphatic carbocycles. The highest BCUT2D eigenvalue weighted by molar-refractivity contribution is 5.27. The summed E-state index contributed by atoms with van der Waals surface area (Å²) in [5.74, 6) is 0. The zero-order valence-corrected chi connectivity index (χ0v) is 12.2. The highest BCUT2D eigenvalue weighted by atomic mass is 16.5. The first-order chi connectivity index (χ1) is 9.29. The SMILES string of the molecule is COCCCCCCNC1=C(NCCOC)CC1O. The molecule has 19 heavy (non-hydrogen) atoms. The van der Waals surface area contributed by atoms with Gasteiger partial charge in [-0.15, -0.1) is 0 Å². The molecule has 0 aromatic carbocycles. The van der Waals surface area contributed by atoms with Gasteiger partial charge < -0.3 is 25.2 Å². The predicted molar refractivity (Wildman–Crippen MR) is 75.9 cm³/mol. The topological polar surface area (TPSA) is 62.8 Å². The van der Waals surface area contributed by atoms with Gasteiger partial charge in [-0.1, -0.05) is 12.8 Å². The van der Waals surface area contributed by atoms with Crippen LogP contribution in [0.5, 0.6) is 0 Å². The van der Waals surface area contributed by atoms with Gasteiger partial charge in [-0.05, 0) is 12.8 Å². The second-order valence-corrected chi connectivity index (χ2v) is 4.87. The highest BCUT2D eigenvalue weighted by Crippen LogP contribution is 2.23. The summed E-state index contributed by atoms with van der Waals surface area (Å²) in [7, 11) is 3.43. The minimum atomic E-state index is -0.321. The van der Waals surface area contributed by atoms with Gasteiger partial charge >= 0.3 is 0 Å². The number of rotatable bonds is 12. The molecule has 0 spiro atoms. The molecule has 0 aromatic heterocycles. The molecule has 0 aromatic rings. The first kappa shape index (κ1) is 16.3. The van der Waals surface area contributed by atoms with E-state index in [9.17, 15) is 5.11 Å². The average Bonchev–Trinajstić information content (AvgIpc) is 2.41. The lowest BCUT2D eigenvalue weighted by atomic mass is 9.96. The van der Waals surface area contributed by atoms with Crippen LogP contribution in [0.3, 0.4) is 0 Å². The van der Waals surface area contributed by atoms with E-state index >= 15 is 0 Å². The Balaban J connectivity index is 2.07. The van der Waals surface area contributed by atoms with E-state index < -0.39 is 0 Å². The molecule has 5 nitrogen and oxygen atoms in total. The maximum Gasteiger partial charge on any atom is 0.101 e. The molecule has 0 aliphatic heterocycles. The third-order valence-electron chi connectivity index (χ3n) is 3.29. The Morgan fingerprint density at radius 2 is 1.74 bits per heavy atom. The van der Waals surface area contributed by atoms with Crippen molar-refractivity contribution in [3.05, 3.63) is 11.4 Å². The molecule has 1 aliphatic rings. The van der Waals surface area contributed by atoms with Crippen molar-refractivity contribution in [1.82, 2.24) is 10.6 Å². The molecule has 0 saturated heterocycles. The van der Waals surface area contributed by atoms with Gasteiger partial charge in [0.15, 0.2) is 0 Å². The molecule has 112 valence electrons. The lowest BCUT2D eigenvalue weighted by molar-refractivity contribution is 0.164. The zero-order valence-electron chi connectivity index (χ0n) is 12.2. The van der Waals surface area contributed by atoms with Crippen LogP contribution in [0.15, 0.2) is 11.4 Å². The summed E-state index contributed by atoms with van der Waals surface area (Å²) in [6, 6.07) is 0. The number of nitrogens with one attached hydrogen (secondary N) is 2. The molecule has 5 heteroatoms. The Morgan fingerprint density at radius 3 is 2.42 bits per heavy atom. The predicted octanol–water partition coefficient (Wildman–Crippen LogP) is 0.995. The Hall–Kier alpha value is -0.780. The van der Waals surface area contributed by atoms with Crippen LogP contribution < -0.4 is 10.6 Å². The van der Waals surface area contributed by atoms with Crippen LogP contribution in [0.2, 0.25) is 0 Å². The maximum absolute atomic E-state index is 9.70. The maximum atomic E-state index is 9.70. The zero-order chi connectivity index (χ0) is 13.9.